The van der Waals surface area contributed by atoms with Crippen LogP contribution in [0.1, 0.15) is 57.7 Å². The molecule has 3 heterocycles. The second-order valence-corrected chi connectivity index (χ2v) is 7.10. The Morgan fingerprint density at radius 3 is 2.69 bits per heavy atom. The molecule has 2 fully saturated rings. The quantitative estimate of drug-likeness (QED) is 0.389. The Balaban J connectivity index is 0.00000243. The molecule has 1 atom stereocenters. The Bertz CT molecular complexity index is 526. The van der Waals surface area contributed by atoms with Gasteiger partial charge in [-0.25, -0.2) is 4.98 Å². The molecule has 0 bridgehead atoms. The summed E-state index contributed by atoms with van der Waals surface area (Å²) in [5, 5.41) is 10.5. The summed E-state index contributed by atoms with van der Waals surface area (Å²) >= 11 is 0. The van der Waals surface area contributed by atoms with Crippen LogP contribution in [0.2, 0.25) is 0 Å². The van der Waals surface area contributed by atoms with E-state index in [0.29, 0.717) is 12.0 Å². The number of piperidine rings is 2. The van der Waals surface area contributed by atoms with E-state index in [1.807, 2.05) is 0 Å². The largest absolute Gasteiger partial charge is 0.357 e. The number of H-pyrrole nitrogens is 1. The predicted molar refractivity (Wildman–Crippen MR) is 116 cm³/mol. The molecular weight excluding hydrogens is 441 g/mol. The molecule has 2 N–H and O–H groups in total. The van der Waals surface area contributed by atoms with E-state index in [1.54, 1.807) is 6.33 Å². The molecule has 1 aromatic heterocycles. The van der Waals surface area contributed by atoms with E-state index in [4.69, 9.17) is 4.99 Å². The maximum atomic E-state index is 5.00. The van der Waals surface area contributed by atoms with E-state index >= 15 is 0 Å². The van der Waals surface area contributed by atoms with Crippen molar-refractivity contribution in [3.8, 4) is 0 Å². The maximum Gasteiger partial charge on any atom is 0.193 e. The molecule has 3 rings (SSSR count). The van der Waals surface area contributed by atoms with Crippen molar-refractivity contribution in [1.82, 2.24) is 30.3 Å². The summed E-state index contributed by atoms with van der Waals surface area (Å²) in [6.45, 7) is 10.7. The smallest absolute Gasteiger partial charge is 0.193 e. The number of nitrogens with zero attached hydrogens (tertiary/aromatic N) is 5. The fourth-order valence-corrected chi connectivity index (χ4v) is 4.08. The van der Waals surface area contributed by atoms with Gasteiger partial charge < -0.3 is 10.2 Å². The lowest BCUT2D eigenvalue weighted by Gasteiger charge is -2.36. The van der Waals surface area contributed by atoms with Gasteiger partial charge in [0.2, 0.25) is 0 Å². The predicted octanol–water partition coefficient (Wildman–Crippen LogP) is 2.44. The third-order valence-electron chi connectivity index (χ3n) is 5.56. The zero-order valence-corrected chi connectivity index (χ0v) is 18.5. The van der Waals surface area contributed by atoms with Crippen LogP contribution in [0.25, 0.3) is 0 Å². The first kappa shape index (κ1) is 21.4. The minimum atomic E-state index is 0. The average Bonchev–Trinajstić information content (AvgIpc) is 3.20. The average molecular weight is 475 g/mol. The van der Waals surface area contributed by atoms with Crippen molar-refractivity contribution in [2.45, 2.75) is 57.9 Å². The molecule has 148 valence electrons. The summed E-state index contributed by atoms with van der Waals surface area (Å²) in [6.07, 6.45) is 7.77. The first-order chi connectivity index (χ1) is 12.3. The number of likely N-dealkylation sites (tertiary alicyclic amines) is 2. The highest BCUT2D eigenvalue weighted by atomic mass is 127. The van der Waals surface area contributed by atoms with Gasteiger partial charge in [0.25, 0.3) is 0 Å². The van der Waals surface area contributed by atoms with E-state index in [-0.39, 0.29) is 24.0 Å². The standard InChI is InChI=1S/C18H33N7.HI/c1-3-19-18(20-13-16-7-5-6-10-24(16)4-2)25-11-8-15(9-12-25)17-21-14-22-23-17;/h14-16H,3-13H2,1-2H3,(H,19,20)(H,21,22,23);1H. The van der Waals surface area contributed by atoms with Crippen LogP contribution in [-0.2, 0) is 0 Å². The normalized spacial score (nSPS) is 22.9. The van der Waals surface area contributed by atoms with Crippen LogP contribution in [0.15, 0.2) is 11.3 Å². The SMILES string of the molecule is CCNC(=NCC1CCCCN1CC)N1CCC(c2ncn[nH]2)CC1.I. The van der Waals surface area contributed by atoms with Crippen LogP contribution in [0, 0.1) is 0 Å². The highest BCUT2D eigenvalue weighted by Gasteiger charge is 2.25. The second kappa shape index (κ2) is 11.1. The van der Waals surface area contributed by atoms with Crippen molar-refractivity contribution in [3.63, 3.8) is 0 Å². The Kier molecular flexibility index (Phi) is 9.10. The van der Waals surface area contributed by atoms with Gasteiger partial charge >= 0.3 is 0 Å². The van der Waals surface area contributed by atoms with E-state index in [0.717, 1.165) is 57.3 Å². The molecule has 2 saturated heterocycles. The number of nitrogens with one attached hydrogen (secondary N) is 2. The van der Waals surface area contributed by atoms with Gasteiger partial charge in [0.15, 0.2) is 5.96 Å². The number of aliphatic imine (C=N–C) groups is 1. The lowest BCUT2D eigenvalue weighted by atomic mass is 9.96. The molecule has 2 aliphatic heterocycles. The van der Waals surface area contributed by atoms with Crippen molar-refractivity contribution in [3.05, 3.63) is 12.2 Å². The minimum Gasteiger partial charge on any atom is -0.357 e. The van der Waals surface area contributed by atoms with Gasteiger partial charge in [-0.05, 0) is 45.7 Å². The van der Waals surface area contributed by atoms with E-state index in [1.165, 1.54) is 25.8 Å². The summed E-state index contributed by atoms with van der Waals surface area (Å²) < 4.78 is 0. The molecule has 0 saturated carbocycles. The fraction of sp³-hybridized carbons (Fsp3) is 0.833. The summed E-state index contributed by atoms with van der Waals surface area (Å²) in [7, 11) is 0. The molecule has 26 heavy (non-hydrogen) atoms. The second-order valence-electron chi connectivity index (χ2n) is 7.10. The fourth-order valence-electron chi connectivity index (χ4n) is 4.08. The van der Waals surface area contributed by atoms with Gasteiger partial charge in [0.1, 0.15) is 12.2 Å². The molecule has 0 spiro atoms. The van der Waals surface area contributed by atoms with Crippen molar-refractivity contribution >= 4 is 29.9 Å². The van der Waals surface area contributed by atoms with Gasteiger partial charge in [-0.3, -0.25) is 15.0 Å². The summed E-state index contributed by atoms with van der Waals surface area (Å²) in [4.78, 5) is 14.3. The highest BCUT2D eigenvalue weighted by molar-refractivity contribution is 14.0. The zero-order chi connectivity index (χ0) is 17.5. The molecule has 1 aromatic rings. The molecule has 2 aliphatic rings. The number of aromatic amines is 1. The van der Waals surface area contributed by atoms with Crippen molar-refractivity contribution in [1.29, 1.82) is 0 Å². The Hall–Kier alpha value is -0.900. The molecule has 8 heteroatoms. The first-order valence-corrected chi connectivity index (χ1v) is 9.94. The minimum absolute atomic E-state index is 0. The summed E-state index contributed by atoms with van der Waals surface area (Å²) in [6, 6.07) is 0.610. The van der Waals surface area contributed by atoms with Crippen LogP contribution < -0.4 is 5.32 Å². The lowest BCUT2D eigenvalue weighted by molar-refractivity contribution is 0.161. The first-order valence-electron chi connectivity index (χ1n) is 9.94. The number of rotatable bonds is 5. The van der Waals surface area contributed by atoms with E-state index < -0.39 is 0 Å². The van der Waals surface area contributed by atoms with Gasteiger partial charge in [-0.1, -0.05) is 13.3 Å². The number of aromatic nitrogens is 3. The zero-order valence-electron chi connectivity index (χ0n) is 16.2. The molecule has 0 amide bonds. The van der Waals surface area contributed by atoms with Crippen LogP contribution in [0.5, 0.6) is 0 Å². The number of hydrogen-bond acceptors (Lipinski definition) is 4. The van der Waals surface area contributed by atoms with Crippen LogP contribution in [0.4, 0.5) is 0 Å². The molecule has 0 radical (unpaired) electrons. The third-order valence-corrected chi connectivity index (χ3v) is 5.56. The van der Waals surface area contributed by atoms with E-state index in [2.05, 4.69) is 44.1 Å². The van der Waals surface area contributed by atoms with Crippen molar-refractivity contribution in [2.75, 3.05) is 39.3 Å². The number of likely N-dealkylation sites (N-methyl/N-ethyl adjacent to an activating group) is 1. The summed E-state index contributed by atoms with van der Waals surface area (Å²) in [5.41, 5.74) is 0. The molecule has 0 aliphatic carbocycles. The van der Waals surface area contributed by atoms with E-state index in [9.17, 15) is 0 Å². The van der Waals surface area contributed by atoms with Crippen molar-refractivity contribution in [2.24, 2.45) is 4.99 Å². The van der Waals surface area contributed by atoms with Gasteiger partial charge in [0, 0.05) is 31.6 Å². The third kappa shape index (κ3) is 5.55. The molecular formula is C18H34IN7. The molecule has 1 unspecified atom stereocenters. The van der Waals surface area contributed by atoms with Gasteiger partial charge in [-0.15, -0.1) is 24.0 Å². The number of hydrogen-bond donors (Lipinski definition) is 2. The summed E-state index contributed by atoms with van der Waals surface area (Å²) in [5.74, 6) is 2.61. The monoisotopic (exact) mass is 475 g/mol. The Morgan fingerprint density at radius 1 is 1.23 bits per heavy atom. The lowest BCUT2D eigenvalue weighted by Crippen LogP contribution is -2.47. The van der Waals surface area contributed by atoms with Crippen LogP contribution in [0.3, 0.4) is 0 Å². The van der Waals surface area contributed by atoms with Crippen molar-refractivity contribution < 1.29 is 0 Å². The Labute approximate surface area is 174 Å². The van der Waals surface area contributed by atoms with Crippen LogP contribution in [-0.4, -0.2) is 76.3 Å². The topological polar surface area (TPSA) is 72.4 Å². The maximum absolute atomic E-state index is 5.00. The Morgan fingerprint density at radius 2 is 2.04 bits per heavy atom. The number of guanidine groups is 1. The van der Waals surface area contributed by atoms with Crippen LogP contribution >= 0.6 is 24.0 Å². The van der Waals surface area contributed by atoms with Gasteiger partial charge in [-0.2, -0.15) is 5.10 Å². The molecule has 7 nitrogen and oxygen atoms in total. The highest BCUT2D eigenvalue weighted by Crippen LogP contribution is 2.25. The van der Waals surface area contributed by atoms with Gasteiger partial charge in [0.05, 0.1) is 6.54 Å². The molecule has 0 aromatic carbocycles. The number of halogens is 1.